The molecular formula is C14H28N4. The van der Waals surface area contributed by atoms with Crippen LogP contribution in [0.25, 0.3) is 0 Å². The van der Waals surface area contributed by atoms with E-state index in [1.54, 1.807) is 0 Å². The average Bonchev–Trinajstić information content (AvgIpc) is 2.45. The van der Waals surface area contributed by atoms with Crippen LogP contribution in [0.5, 0.6) is 0 Å². The number of nitrogens with zero attached hydrogens (tertiary/aromatic N) is 3. The molecule has 18 heavy (non-hydrogen) atoms. The van der Waals surface area contributed by atoms with Crippen molar-refractivity contribution in [3.8, 4) is 0 Å². The summed E-state index contributed by atoms with van der Waals surface area (Å²) >= 11 is 0. The third kappa shape index (κ3) is 3.27. The molecule has 104 valence electrons. The molecule has 0 aliphatic heterocycles. The first-order valence-corrected chi connectivity index (χ1v) is 6.61. The Hall–Kier alpha value is -1.00. The van der Waals surface area contributed by atoms with E-state index >= 15 is 0 Å². The van der Waals surface area contributed by atoms with Crippen molar-refractivity contribution in [2.24, 2.45) is 0 Å². The topological polar surface area (TPSA) is 23.4 Å². The fourth-order valence-corrected chi connectivity index (χ4v) is 2.41. The molecule has 0 spiro atoms. The third-order valence-corrected chi connectivity index (χ3v) is 3.17. The van der Waals surface area contributed by atoms with Gasteiger partial charge in [-0.3, -0.25) is 4.68 Å². The number of aromatic nitrogens is 1. The van der Waals surface area contributed by atoms with E-state index in [0.717, 1.165) is 19.6 Å². The maximum Gasteiger partial charge on any atom is 0.0414 e. The zero-order valence-corrected chi connectivity index (χ0v) is 13.0. The van der Waals surface area contributed by atoms with Crippen molar-refractivity contribution in [2.45, 2.75) is 33.9 Å². The van der Waals surface area contributed by atoms with Crippen molar-refractivity contribution in [3.63, 3.8) is 0 Å². The van der Waals surface area contributed by atoms with Crippen LogP contribution in [-0.4, -0.2) is 49.2 Å². The Bertz CT molecular complexity index is 357. The van der Waals surface area contributed by atoms with Crippen molar-refractivity contribution in [1.82, 2.24) is 14.5 Å². The quantitative estimate of drug-likeness (QED) is 0.835. The second kappa shape index (κ2) is 6.25. The van der Waals surface area contributed by atoms with E-state index in [1.165, 1.54) is 22.5 Å². The first kappa shape index (κ1) is 15.1. The second-order valence-corrected chi connectivity index (χ2v) is 5.45. The van der Waals surface area contributed by atoms with Gasteiger partial charge in [-0.05, 0) is 60.1 Å². The molecule has 0 atom stereocenters. The summed E-state index contributed by atoms with van der Waals surface area (Å²) in [6.07, 6.45) is 0. The lowest BCUT2D eigenvalue weighted by Gasteiger charge is -2.15. The Labute approximate surface area is 112 Å². The predicted molar refractivity (Wildman–Crippen MR) is 78.6 cm³/mol. The molecule has 0 aromatic carbocycles. The minimum absolute atomic E-state index is 0.944. The van der Waals surface area contributed by atoms with Crippen molar-refractivity contribution < 1.29 is 0 Å². The summed E-state index contributed by atoms with van der Waals surface area (Å²) in [5.41, 5.74) is 9.00. The molecule has 0 amide bonds. The summed E-state index contributed by atoms with van der Waals surface area (Å²) < 4.78 is 2.23. The highest BCUT2D eigenvalue weighted by molar-refractivity contribution is 5.38. The lowest BCUT2D eigenvalue weighted by atomic mass is 10.1. The maximum absolute atomic E-state index is 3.43. The van der Waals surface area contributed by atoms with Crippen LogP contribution < -0.4 is 5.43 Å². The van der Waals surface area contributed by atoms with Gasteiger partial charge < -0.3 is 15.2 Å². The first-order chi connectivity index (χ1) is 8.38. The van der Waals surface area contributed by atoms with E-state index in [1.807, 2.05) is 0 Å². The minimum atomic E-state index is 0.944. The SMILES string of the molecule is CCNn1c(C)c(CN(C)C)c(CN(C)C)c1C. The molecule has 1 aromatic rings. The van der Waals surface area contributed by atoms with Gasteiger partial charge in [-0.1, -0.05) is 0 Å². The minimum Gasteiger partial charge on any atom is -0.326 e. The lowest BCUT2D eigenvalue weighted by molar-refractivity contribution is 0.381. The van der Waals surface area contributed by atoms with E-state index in [-0.39, 0.29) is 0 Å². The summed E-state index contributed by atoms with van der Waals surface area (Å²) in [5, 5.41) is 0. The van der Waals surface area contributed by atoms with Gasteiger partial charge in [0.05, 0.1) is 0 Å². The zero-order chi connectivity index (χ0) is 13.9. The summed E-state index contributed by atoms with van der Waals surface area (Å²) in [5.74, 6) is 0. The van der Waals surface area contributed by atoms with E-state index in [9.17, 15) is 0 Å². The van der Waals surface area contributed by atoms with Crippen LogP contribution in [-0.2, 0) is 13.1 Å². The van der Waals surface area contributed by atoms with Crippen LogP contribution in [0.1, 0.15) is 29.4 Å². The maximum atomic E-state index is 3.43. The number of hydrogen-bond acceptors (Lipinski definition) is 3. The average molecular weight is 252 g/mol. The van der Waals surface area contributed by atoms with Crippen LogP contribution in [0, 0.1) is 13.8 Å². The fraction of sp³-hybridized carbons (Fsp3) is 0.714. The fourth-order valence-electron chi connectivity index (χ4n) is 2.41. The molecule has 0 saturated carbocycles. The Kier molecular flexibility index (Phi) is 5.23. The van der Waals surface area contributed by atoms with Gasteiger partial charge in [0.15, 0.2) is 0 Å². The highest BCUT2D eigenvalue weighted by Crippen LogP contribution is 2.23. The Morgan fingerprint density at radius 1 is 0.889 bits per heavy atom. The van der Waals surface area contributed by atoms with E-state index in [2.05, 4.69) is 68.9 Å². The van der Waals surface area contributed by atoms with Gasteiger partial charge in [0.2, 0.25) is 0 Å². The lowest BCUT2D eigenvalue weighted by Crippen LogP contribution is -2.18. The molecule has 0 radical (unpaired) electrons. The molecule has 1 heterocycles. The van der Waals surface area contributed by atoms with E-state index in [4.69, 9.17) is 0 Å². The molecule has 4 heteroatoms. The summed E-state index contributed by atoms with van der Waals surface area (Å²) in [7, 11) is 8.50. The molecule has 0 bridgehead atoms. The van der Waals surface area contributed by atoms with Crippen molar-refractivity contribution >= 4 is 0 Å². The molecule has 0 saturated heterocycles. The third-order valence-electron chi connectivity index (χ3n) is 3.17. The van der Waals surface area contributed by atoms with Crippen molar-refractivity contribution in [3.05, 3.63) is 22.5 Å². The monoisotopic (exact) mass is 252 g/mol. The van der Waals surface area contributed by atoms with Gasteiger partial charge in [0.1, 0.15) is 0 Å². The van der Waals surface area contributed by atoms with Gasteiger partial charge in [-0.15, -0.1) is 0 Å². The molecule has 1 rings (SSSR count). The molecule has 0 aliphatic carbocycles. The number of rotatable bonds is 6. The number of nitrogens with one attached hydrogen (secondary N) is 1. The molecule has 1 aromatic heterocycles. The van der Waals surface area contributed by atoms with E-state index in [0.29, 0.717) is 0 Å². The molecule has 0 aliphatic rings. The summed E-state index contributed by atoms with van der Waals surface area (Å²) in [4.78, 5) is 4.47. The molecule has 4 nitrogen and oxygen atoms in total. The zero-order valence-electron chi connectivity index (χ0n) is 13.0. The standard InChI is InChI=1S/C14H28N4/c1-8-15-18-11(2)13(9-16(4)5)14(12(18)3)10-17(6)7/h15H,8-10H2,1-7H3. The van der Waals surface area contributed by atoms with Crippen LogP contribution >= 0.6 is 0 Å². The van der Waals surface area contributed by atoms with Gasteiger partial charge in [-0.2, -0.15) is 0 Å². The van der Waals surface area contributed by atoms with Gasteiger partial charge in [0.25, 0.3) is 0 Å². The van der Waals surface area contributed by atoms with Gasteiger partial charge >= 0.3 is 0 Å². The predicted octanol–water partition coefficient (Wildman–Crippen LogP) is 1.79. The first-order valence-electron chi connectivity index (χ1n) is 6.61. The molecule has 1 N–H and O–H groups in total. The number of hydrogen-bond donors (Lipinski definition) is 1. The van der Waals surface area contributed by atoms with E-state index < -0.39 is 0 Å². The normalized spacial score (nSPS) is 11.6. The van der Waals surface area contributed by atoms with Gasteiger partial charge in [0, 0.05) is 31.0 Å². The highest BCUT2D eigenvalue weighted by atomic mass is 15.4. The smallest absolute Gasteiger partial charge is 0.0414 e. The molecule has 0 unspecified atom stereocenters. The van der Waals surface area contributed by atoms with Gasteiger partial charge in [-0.25, -0.2) is 0 Å². The van der Waals surface area contributed by atoms with Crippen LogP contribution in [0.2, 0.25) is 0 Å². The van der Waals surface area contributed by atoms with Crippen molar-refractivity contribution in [1.29, 1.82) is 0 Å². The molecular weight excluding hydrogens is 224 g/mol. The second-order valence-electron chi connectivity index (χ2n) is 5.45. The highest BCUT2D eigenvalue weighted by Gasteiger charge is 2.18. The Morgan fingerprint density at radius 2 is 1.28 bits per heavy atom. The van der Waals surface area contributed by atoms with Crippen LogP contribution in [0.4, 0.5) is 0 Å². The largest absolute Gasteiger partial charge is 0.326 e. The summed E-state index contributed by atoms with van der Waals surface area (Å²) in [6.45, 7) is 9.47. The Balaban J connectivity index is 3.22. The van der Waals surface area contributed by atoms with Crippen LogP contribution in [0.3, 0.4) is 0 Å². The molecule has 0 fully saturated rings. The van der Waals surface area contributed by atoms with Crippen LogP contribution in [0.15, 0.2) is 0 Å². The van der Waals surface area contributed by atoms with Crippen molar-refractivity contribution in [2.75, 3.05) is 40.2 Å². The Morgan fingerprint density at radius 3 is 1.56 bits per heavy atom. The summed E-state index contributed by atoms with van der Waals surface area (Å²) in [6, 6.07) is 0.